The smallest absolute Gasteiger partial charge is 0.335 e. The van der Waals surface area contributed by atoms with E-state index in [2.05, 4.69) is 56.9 Å². The Morgan fingerprint density at radius 2 is 1.24 bits per heavy atom. The number of carboxylic acids is 2. The summed E-state index contributed by atoms with van der Waals surface area (Å²) >= 11 is 0. The van der Waals surface area contributed by atoms with Crippen LogP contribution in [0.15, 0.2) is 54.6 Å². The number of carboxylic acid groups (broad SMARTS) is 2. The van der Waals surface area contributed by atoms with Gasteiger partial charge in [-0.1, -0.05) is 48.5 Å². The van der Waals surface area contributed by atoms with Gasteiger partial charge in [-0.25, -0.2) is 9.59 Å². The van der Waals surface area contributed by atoms with E-state index in [0.29, 0.717) is 17.8 Å². The Kier molecular flexibility index (Phi) is 11.6. The van der Waals surface area contributed by atoms with E-state index in [1.54, 1.807) is 6.07 Å². The SMILES string of the molecule is CC(C)N(CCC(c1ccccc1)c1ccccc1O)C(C)C.O=C(O)[C@H](O)[C@@H](O)C(=O)O. The second-order valence-electron chi connectivity index (χ2n) is 8.30. The van der Waals surface area contributed by atoms with Gasteiger partial charge in [0, 0.05) is 23.6 Å². The largest absolute Gasteiger partial charge is 0.508 e. The maximum Gasteiger partial charge on any atom is 0.335 e. The van der Waals surface area contributed by atoms with Crippen LogP contribution in [-0.4, -0.2) is 73.2 Å². The molecule has 0 spiro atoms. The van der Waals surface area contributed by atoms with Gasteiger partial charge in [-0.05, 0) is 52.3 Å². The number of phenolic OH excluding ortho intramolecular Hbond substituents is 1. The number of aromatic hydroxyl groups is 1. The molecule has 2 aromatic rings. The van der Waals surface area contributed by atoms with Crippen molar-refractivity contribution in [3.8, 4) is 5.75 Å². The number of carbonyl (C=O) groups is 2. The minimum absolute atomic E-state index is 0.220. The normalized spacial score (nSPS) is 13.8. The zero-order valence-electron chi connectivity index (χ0n) is 19.5. The predicted molar refractivity (Wildman–Crippen MR) is 125 cm³/mol. The molecule has 2 rings (SSSR count). The first-order valence-corrected chi connectivity index (χ1v) is 10.9. The molecular weight excluding hydrogens is 426 g/mol. The van der Waals surface area contributed by atoms with Crippen molar-refractivity contribution in [1.29, 1.82) is 0 Å². The molecule has 5 N–H and O–H groups in total. The molecule has 0 aliphatic carbocycles. The highest BCUT2D eigenvalue weighted by molar-refractivity contribution is 5.83. The summed E-state index contributed by atoms with van der Waals surface area (Å²) < 4.78 is 0. The van der Waals surface area contributed by atoms with Gasteiger partial charge < -0.3 is 25.5 Å². The molecule has 3 atom stereocenters. The zero-order valence-corrected chi connectivity index (χ0v) is 19.5. The number of aliphatic carboxylic acids is 2. The number of hydrogen-bond acceptors (Lipinski definition) is 6. The van der Waals surface area contributed by atoms with Crippen molar-refractivity contribution in [3.63, 3.8) is 0 Å². The minimum Gasteiger partial charge on any atom is -0.508 e. The van der Waals surface area contributed by atoms with Crippen LogP contribution in [0.25, 0.3) is 0 Å². The molecule has 33 heavy (non-hydrogen) atoms. The fraction of sp³-hybridized carbons (Fsp3) is 0.440. The Balaban J connectivity index is 0.000000461. The lowest BCUT2D eigenvalue weighted by atomic mass is 9.87. The van der Waals surface area contributed by atoms with Crippen molar-refractivity contribution in [3.05, 3.63) is 65.7 Å². The van der Waals surface area contributed by atoms with Crippen molar-refractivity contribution in [2.24, 2.45) is 0 Å². The summed E-state index contributed by atoms with van der Waals surface area (Å²) in [6, 6.07) is 19.3. The first-order chi connectivity index (χ1) is 15.5. The molecule has 0 bridgehead atoms. The molecule has 0 aromatic heterocycles. The van der Waals surface area contributed by atoms with Crippen molar-refractivity contribution in [2.75, 3.05) is 6.54 Å². The third-order valence-corrected chi connectivity index (χ3v) is 5.32. The van der Waals surface area contributed by atoms with E-state index in [-0.39, 0.29) is 5.92 Å². The third-order valence-electron chi connectivity index (χ3n) is 5.32. The molecular formula is C25H35NO7. The van der Waals surface area contributed by atoms with Crippen molar-refractivity contribution < 1.29 is 35.1 Å². The van der Waals surface area contributed by atoms with Crippen molar-refractivity contribution in [2.45, 2.75) is 64.3 Å². The Morgan fingerprint density at radius 1 is 0.788 bits per heavy atom. The molecule has 0 amide bonds. The fourth-order valence-corrected chi connectivity index (χ4v) is 3.63. The lowest BCUT2D eigenvalue weighted by Gasteiger charge is -2.32. The molecule has 0 saturated heterocycles. The third kappa shape index (κ3) is 8.84. The summed E-state index contributed by atoms with van der Waals surface area (Å²) in [5.74, 6) is -2.93. The van der Waals surface area contributed by atoms with Gasteiger partial charge in [0.05, 0.1) is 0 Å². The van der Waals surface area contributed by atoms with Gasteiger partial charge in [0.15, 0.2) is 12.2 Å². The molecule has 8 heteroatoms. The van der Waals surface area contributed by atoms with Gasteiger partial charge in [0.1, 0.15) is 5.75 Å². The Labute approximate surface area is 194 Å². The van der Waals surface area contributed by atoms with E-state index in [4.69, 9.17) is 20.4 Å². The summed E-state index contributed by atoms with van der Waals surface area (Å²) in [5.41, 5.74) is 2.28. The van der Waals surface area contributed by atoms with Crippen LogP contribution in [0.4, 0.5) is 0 Å². The lowest BCUT2D eigenvalue weighted by molar-refractivity contribution is -0.165. The van der Waals surface area contributed by atoms with Gasteiger partial charge in [-0.2, -0.15) is 0 Å². The van der Waals surface area contributed by atoms with Gasteiger partial charge in [0.25, 0.3) is 0 Å². The number of nitrogens with zero attached hydrogens (tertiary/aromatic N) is 1. The average Bonchev–Trinajstić information content (AvgIpc) is 2.76. The Hall–Kier alpha value is -2.94. The van der Waals surface area contributed by atoms with Gasteiger partial charge in [-0.3, -0.25) is 4.90 Å². The number of para-hydroxylation sites is 1. The van der Waals surface area contributed by atoms with Crippen LogP contribution in [0.3, 0.4) is 0 Å². The standard InChI is InChI=1S/C21H29NO.C4H6O6/c1-16(2)22(17(3)4)15-14-19(18-10-6-5-7-11-18)20-12-8-9-13-21(20)23;5-1(3(7)8)2(6)4(9)10/h5-13,16-17,19,23H,14-15H2,1-4H3;1-2,5-6H,(H,7,8)(H,9,10)/t;1-,2-/m.1/s1. The number of rotatable bonds is 10. The van der Waals surface area contributed by atoms with E-state index in [9.17, 15) is 14.7 Å². The molecule has 0 fully saturated rings. The van der Waals surface area contributed by atoms with Crippen LogP contribution >= 0.6 is 0 Å². The van der Waals surface area contributed by atoms with Crippen LogP contribution in [0, 0.1) is 0 Å². The summed E-state index contributed by atoms with van der Waals surface area (Å²) in [6.45, 7) is 10.0. The van der Waals surface area contributed by atoms with E-state index in [1.807, 2.05) is 24.3 Å². The predicted octanol–water partition coefficient (Wildman–Crippen LogP) is 2.91. The lowest BCUT2D eigenvalue weighted by Crippen LogP contribution is -2.39. The first kappa shape index (κ1) is 28.1. The van der Waals surface area contributed by atoms with E-state index in [0.717, 1.165) is 18.5 Å². The van der Waals surface area contributed by atoms with Crippen molar-refractivity contribution in [1.82, 2.24) is 4.90 Å². The maximum absolute atomic E-state index is 10.3. The van der Waals surface area contributed by atoms with Crippen LogP contribution in [0.1, 0.15) is 51.2 Å². The second-order valence-corrected chi connectivity index (χ2v) is 8.30. The van der Waals surface area contributed by atoms with Crippen LogP contribution < -0.4 is 0 Å². The molecule has 0 heterocycles. The number of aliphatic hydroxyl groups excluding tert-OH is 2. The highest BCUT2D eigenvalue weighted by Crippen LogP contribution is 2.34. The van der Waals surface area contributed by atoms with E-state index >= 15 is 0 Å². The second kappa shape index (κ2) is 13.6. The van der Waals surface area contributed by atoms with E-state index < -0.39 is 24.1 Å². The molecule has 0 aliphatic heterocycles. The summed E-state index contributed by atoms with van der Waals surface area (Å²) in [4.78, 5) is 22.1. The molecule has 182 valence electrons. The molecule has 0 radical (unpaired) electrons. The fourth-order valence-electron chi connectivity index (χ4n) is 3.63. The van der Waals surface area contributed by atoms with Crippen molar-refractivity contribution >= 4 is 11.9 Å². The zero-order chi connectivity index (χ0) is 25.1. The quantitative estimate of drug-likeness (QED) is 0.364. The molecule has 1 unspecified atom stereocenters. The minimum atomic E-state index is -2.27. The summed E-state index contributed by atoms with van der Waals surface area (Å²) in [7, 11) is 0. The highest BCUT2D eigenvalue weighted by Gasteiger charge is 2.29. The summed E-state index contributed by atoms with van der Waals surface area (Å²) in [5, 5.41) is 42.8. The average molecular weight is 462 g/mol. The number of aliphatic hydroxyl groups is 2. The summed E-state index contributed by atoms with van der Waals surface area (Å²) in [6.07, 6.45) is -3.53. The molecule has 0 aliphatic rings. The van der Waals surface area contributed by atoms with E-state index in [1.165, 1.54) is 5.56 Å². The van der Waals surface area contributed by atoms with Gasteiger partial charge in [-0.15, -0.1) is 0 Å². The Bertz CT molecular complexity index is 844. The van der Waals surface area contributed by atoms with Crippen LogP contribution in [-0.2, 0) is 9.59 Å². The monoisotopic (exact) mass is 461 g/mol. The number of benzene rings is 2. The molecule has 2 aromatic carbocycles. The van der Waals surface area contributed by atoms with Crippen LogP contribution in [0.2, 0.25) is 0 Å². The first-order valence-electron chi connectivity index (χ1n) is 10.9. The topological polar surface area (TPSA) is 139 Å². The number of phenols is 1. The molecule has 8 nitrogen and oxygen atoms in total. The number of hydrogen-bond donors (Lipinski definition) is 5. The van der Waals surface area contributed by atoms with Gasteiger partial charge in [0.2, 0.25) is 0 Å². The Morgan fingerprint density at radius 3 is 1.67 bits per heavy atom. The van der Waals surface area contributed by atoms with Gasteiger partial charge >= 0.3 is 11.9 Å². The maximum atomic E-state index is 10.3. The van der Waals surface area contributed by atoms with Crippen LogP contribution in [0.5, 0.6) is 5.75 Å². The highest BCUT2D eigenvalue weighted by atomic mass is 16.4. The molecule has 0 saturated carbocycles.